The van der Waals surface area contributed by atoms with Gasteiger partial charge in [0.2, 0.25) is 0 Å². The highest BCUT2D eigenvalue weighted by Crippen LogP contribution is 2.24. The van der Waals surface area contributed by atoms with Crippen molar-refractivity contribution in [2.24, 2.45) is 17.6 Å². The fraction of sp³-hybridized carbons (Fsp3) is 1.00. The van der Waals surface area contributed by atoms with E-state index in [1.807, 2.05) is 0 Å². The van der Waals surface area contributed by atoms with Gasteiger partial charge in [0.05, 0.1) is 0 Å². The molecule has 0 aliphatic carbocycles. The van der Waals surface area contributed by atoms with Gasteiger partial charge < -0.3 is 5.73 Å². The number of nitrogens with two attached hydrogens (primary N) is 1. The lowest BCUT2D eigenvalue weighted by Gasteiger charge is -2.39. The molecule has 1 fully saturated rings. The van der Waals surface area contributed by atoms with Gasteiger partial charge in [-0.15, -0.1) is 0 Å². The summed E-state index contributed by atoms with van der Waals surface area (Å²) in [6.45, 7) is 10.3. The molecule has 2 N–H and O–H groups in total. The molecule has 2 nitrogen and oxygen atoms in total. The minimum absolute atomic E-state index is 0.620. The summed E-state index contributed by atoms with van der Waals surface area (Å²) in [5.41, 5.74) is 5.75. The summed E-state index contributed by atoms with van der Waals surface area (Å²) in [6, 6.07) is 0.620. The normalized spacial score (nSPS) is 33.2. The predicted octanol–water partition coefficient (Wildman–Crippen LogP) is 1.70. The van der Waals surface area contributed by atoms with Crippen molar-refractivity contribution in [3.05, 3.63) is 0 Å². The molecule has 0 spiro atoms. The number of piperidine rings is 1. The first-order chi connectivity index (χ1) is 6.19. The number of nitrogens with zero attached hydrogens (tertiary/aromatic N) is 1. The predicted molar refractivity (Wildman–Crippen MR) is 57.7 cm³/mol. The van der Waals surface area contributed by atoms with E-state index in [4.69, 9.17) is 5.73 Å². The highest BCUT2D eigenvalue weighted by atomic mass is 15.2. The highest BCUT2D eigenvalue weighted by Gasteiger charge is 2.25. The minimum atomic E-state index is 0.620. The first-order valence-electron chi connectivity index (χ1n) is 5.63. The van der Waals surface area contributed by atoms with Crippen LogP contribution in [0.15, 0.2) is 0 Å². The zero-order chi connectivity index (χ0) is 9.84. The molecule has 0 bridgehead atoms. The highest BCUT2D eigenvalue weighted by molar-refractivity contribution is 4.80. The van der Waals surface area contributed by atoms with E-state index in [1.54, 1.807) is 0 Å². The molecule has 3 atom stereocenters. The number of hydrogen-bond donors (Lipinski definition) is 1. The third-order valence-electron chi connectivity index (χ3n) is 3.63. The Hall–Kier alpha value is -0.0800. The van der Waals surface area contributed by atoms with Gasteiger partial charge in [0.15, 0.2) is 0 Å². The summed E-state index contributed by atoms with van der Waals surface area (Å²) in [6.07, 6.45) is 2.54. The molecule has 1 saturated heterocycles. The van der Waals surface area contributed by atoms with Crippen molar-refractivity contribution < 1.29 is 0 Å². The van der Waals surface area contributed by atoms with Gasteiger partial charge in [-0.25, -0.2) is 0 Å². The topological polar surface area (TPSA) is 29.3 Å². The Morgan fingerprint density at radius 2 is 2.08 bits per heavy atom. The summed E-state index contributed by atoms with van der Waals surface area (Å²) in [5, 5.41) is 0. The van der Waals surface area contributed by atoms with Crippen LogP contribution in [0.25, 0.3) is 0 Å². The van der Waals surface area contributed by atoms with Gasteiger partial charge in [-0.1, -0.05) is 20.8 Å². The van der Waals surface area contributed by atoms with Crippen LogP contribution < -0.4 is 5.73 Å². The van der Waals surface area contributed by atoms with Gasteiger partial charge in [-0.3, -0.25) is 4.90 Å². The van der Waals surface area contributed by atoms with Crippen LogP contribution in [0.5, 0.6) is 0 Å². The molecule has 3 unspecified atom stereocenters. The van der Waals surface area contributed by atoms with E-state index < -0.39 is 0 Å². The van der Waals surface area contributed by atoms with Crippen LogP contribution >= 0.6 is 0 Å². The Morgan fingerprint density at radius 3 is 2.54 bits per heavy atom. The maximum Gasteiger partial charge on any atom is 0.0215 e. The quantitative estimate of drug-likeness (QED) is 0.723. The molecule has 0 aromatic rings. The number of hydrogen-bond acceptors (Lipinski definition) is 2. The maximum atomic E-state index is 5.75. The van der Waals surface area contributed by atoms with Gasteiger partial charge in [0, 0.05) is 19.1 Å². The van der Waals surface area contributed by atoms with Crippen LogP contribution in [0, 0.1) is 11.8 Å². The van der Waals surface area contributed by atoms with E-state index in [9.17, 15) is 0 Å². The van der Waals surface area contributed by atoms with Crippen LogP contribution in [0.1, 0.15) is 33.6 Å². The number of rotatable bonds is 3. The molecule has 0 aromatic carbocycles. The van der Waals surface area contributed by atoms with Crippen molar-refractivity contribution in [1.82, 2.24) is 4.90 Å². The molecular formula is C11H24N2. The first-order valence-corrected chi connectivity index (χ1v) is 5.63. The second kappa shape index (κ2) is 4.97. The Kier molecular flexibility index (Phi) is 4.20. The molecular weight excluding hydrogens is 160 g/mol. The molecule has 1 rings (SSSR count). The van der Waals surface area contributed by atoms with Crippen molar-refractivity contribution in [2.75, 3.05) is 19.6 Å². The monoisotopic (exact) mass is 184 g/mol. The van der Waals surface area contributed by atoms with Crippen molar-refractivity contribution in [3.63, 3.8) is 0 Å². The SMILES string of the molecule is CCC(CN)N1CCC(C)C(C)C1. The Morgan fingerprint density at radius 1 is 1.38 bits per heavy atom. The lowest BCUT2D eigenvalue weighted by atomic mass is 9.88. The summed E-state index contributed by atoms with van der Waals surface area (Å²) >= 11 is 0. The summed E-state index contributed by atoms with van der Waals surface area (Å²) in [7, 11) is 0. The van der Waals surface area contributed by atoms with Gasteiger partial charge in [-0.2, -0.15) is 0 Å². The smallest absolute Gasteiger partial charge is 0.0215 e. The molecule has 2 heteroatoms. The van der Waals surface area contributed by atoms with Crippen molar-refractivity contribution in [3.8, 4) is 0 Å². The third kappa shape index (κ3) is 2.68. The molecule has 1 aliphatic heterocycles. The molecule has 0 saturated carbocycles. The summed E-state index contributed by atoms with van der Waals surface area (Å²) in [5.74, 6) is 1.74. The molecule has 1 aliphatic rings. The second-order valence-electron chi connectivity index (χ2n) is 4.54. The fourth-order valence-corrected chi connectivity index (χ4v) is 2.20. The van der Waals surface area contributed by atoms with Gasteiger partial charge >= 0.3 is 0 Å². The Bertz CT molecular complexity index is 143. The lowest BCUT2D eigenvalue weighted by molar-refractivity contribution is 0.0964. The van der Waals surface area contributed by atoms with Gasteiger partial charge in [0.1, 0.15) is 0 Å². The van der Waals surface area contributed by atoms with Crippen molar-refractivity contribution in [2.45, 2.75) is 39.7 Å². The van der Waals surface area contributed by atoms with Gasteiger partial charge in [0.25, 0.3) is 0 Å². The zero-order valence-corrected chi connectivity index (χ0v) is 9.29. The van der Waals surface area contributed by atoms with E-state index in [0.717, 1.165) is 18.4 Å². The van der Waals surface area contributed by atoms with E-state index in [1.165, 1.54) is 25.9 Å². The fourth-order valence-electron chi connectivity index (χ4n) is 2.20. The largest absolute Gasteiger partial charge is 0.329 e. The van der Waals surface area contributed by atoms with Crippen LogP contribution in [-0.4, -0.2) is 30.6 Å². The zero-order valence-electron chi connectivity index (χ0n) is 9.29. The van der Waals surface area contributed by atoms with Crippen LogP contribution in [0.3, 0.4) is 0 Å². The molecule has 78 valence electrons. The molecule has 0 amide bonds. The van der Waals surface area contributed by atoms with Crippen molar-refractivity contribution in [1.29, 1.82) is 0 Å². The van der Waals surface area contributed by atoms with E-state index in [-0.39, 0.29) is 0 Å². The standard InChI is InChI=1S/C11H24N2/c1-4-11(7-12)13-6-5-9(2)10(3)8-13/h9-11H,4-8,12H2,1-3H3. The molecule has 1 heterocycles. The van der Waals surface area contributed by atoms with Gasteiger partial charge in [-0.05, 0) is 31.2 Å². The van der Waals surface area contributed by atoms with Crippen molar-refractivity contribution >= 4 is 0 Å². The Balaban J connectivity index is 2.44. The minimum Gasteiger partial charge on any atom is -0.329 e. The average molecular weight is 184 g/mol. The van der Waals surface area contributed by atoms with E-state index in [0.29, 0.717) is 6.04 Å². The van der Waals surface area contributed by atoms with Crippen LogP contribution in [0.4, 0.5) is 0 Å². The molecule has 0 radical (unpaired) electrons. The first kappa shape index (κ1) is 11.0. The van der Waals surface area contributed by atoms with E-state index >= 15 is 0 Å². The third-order valence-corrected chi connectivity index (χ3v) is 3.63. The summed E-state index contributed by atoms with van der Waals surface area (Å²) < 4.78 is 0. The second-order valence-corrected chi connectivity index (χ2v) is 4.54. The molecule has 13 heavy (non-hydrogen) atoms. The number of likely N-dealkylation sites (tertiary alicyclic amines) is 1. The summed E-state index contributed by atoms with van der Waals surface area (Å²) in [4.78, 5) is 2.57. The average Bonchev–Trinajstić information content (AvgIpc) is 2.13. The van der Waals surface area contributed by atoms with Crippen LogP contribution in [-0.2, 0) is 0 Å². The maximum absolute atomic E-state index is 5.75. The Labute approximate surface area is 82.5 Å². The molecule has 0 aromatic heterocycles. The lowest BCUT2D eigenvalue weighted by Crippen LogP contribution is -2.47. The van der Waals surface area contributed by atoms with Crippen LogP contribution in [0.2, 0.25) is 0 Å². The van der Waals surface area contributed by atoms with E-state index in [2.05, 4.69) is 25.7 Å².